The zero-order valence-corrected chi connectivity index (χ0v) is 20.7. The monoisotopic (exact) mass is 558 g/mol. The molecule has 3 aromatic rings. The molecule has 0 spiro atoms. The maximum Gasteiger partial charge on any atom is 0.216 e. The molecular weight excluding hydrogens is 531 g/mol. The molecule has 0 saturated carbocycles. The molecule has 0 aliphatic carbocycles. The Kier molecular flexibility index (Phi) is 10.6. The number of para-hydroxylation sites is 1. The number of nitrogens with zero attached hydrogens (tertiary/aromatic N) is 3. The summed E-state index contributed by atoms with van der Waals surface area (Å²) in [5.41, 5.74) is 0. The highest BCUT2D eigenvalue weighted by Crippen LogP contribution is 2.24. The number of halogens is 2. The fourth-order valence-electron chi connectivity index (χ4n) is 2.73. The van der Waals surface area contributed by atoms with Gasteiger partial charge in [-0.3, -0.25) is 5.10 Å². The van der Waals surface area contributed by atoms with Crippen molar-refractivity contribution in [2.24, 2.45) is 4.99 Å². The number of benzene rings is 1. The molecule has 3 rings (SSSR count). The van der Waals surface area contributed by atoms with Gasteiger partial charge in [-0.2, -0.15) is 5.10 Å². The van der Waals surface area contributed by atoms with Gasteiger partial charge in [-0.25, -0.2) is 9.98 Å². The molecule has 0 aliphatic heterocycles. The zero-order chi connectivity index (χ0) is 21.2. The topological polar surface area (TPSA) is 100 Å². The summed E-state index contributed by atoms with van der Waals surface area (Å²) in [6, 6.07) is 11.1. The number of hydrogen-bond donors (Lipinski definition) is 3. The predicted molar refractivity (Wildman–Crippen MR) is 133 cm³/mol. The molecule has 0 fully saturated rings. The molecule has 0 radical (unpaired) electrons. The molecule has 8 nitrogen and oxygen atoms in total. The molecule has 0 amide bonds. The van der Waals surface area contributed by atoms with Gasteiger partial charge in [-0.05, 0) is 37.6 Å². The Morgan fingerprint density at radius 1 is 1.23 bits per heavy atom. The lowest BCUT2D eigenvalue weighted by molar-refractivity contribution is 0.206. The van der Waals surface area contributed by atoms with Crippen LogP contribution in [-0.4, -0.2) is 46.9 Å². The quantitative estimate of drug-likeness (QED) is 0.195. The third kappa shape index (κ3) is 7.73. The highest BCUT2D eigenvalue weighted by Gasteiger charge is 2.11. The van der Waals surface area contributed by atoms with Crippen LogP contribution in [0.15, 0.2) is 52.1 Å². The van der Waals surface area contributed by atoms with Crippen molar-refractivity contribution in [3.05, 3.63) is 53.5 Å². The number of ether oxygens (including phenoxy) is 1. The fraction of sp³-hybridized carbons (Fsp3) is 0.381. The third-order valence-electron chi connectivity index (χ3n) is 4.31. The molecule has 10 heteroatoms. The fourth-order valence-corrected chi connectivity index (χ4v) is 2.91. The molecule has 31 heavy (non-hydrogen) atoms. The first-order valence-corrected chi connectivity index (χ1v) is 10.5. The second-order valence-electron chi connectivity index (χ2n) is 6.56. The van der Waals surface area contributed by atoms with Gasteiger partial charge in [-0.1, -0.05) is 30.7 Å². The Balaban J connectivity index is 0.00000341. The van der Waals surface area contributed by atoms with Crippen LogP contribution < -0.4 is 15.4 Å². The van der Waals surface area contributed by atoms with Crippen molar-refractivity contribution in [1.82, 2.24) is 25.8 Å². The average Bonchev–Trinajstić information content (AvgIpc) is 3.44. The van der Waals surface area contributed by atoms with Gasteiger partial charge >= 0.3 is 0 Å². The molecule has 1 aromatic carbocycles. The third-order valence-corrected chi connectivity index (χ3v) is 4.62. The van der Waals surface area contributed by atoms with E-state index in [1.807, 2.05) is 43.3 Å². The van der Waals surface area contributed by atoms with Crippen molar-refractivity contribution >= 4 is 41.5 Å². The van der Waals surface area contributed by atoms with Crippen LogP contribution in [0.2, 0.25) is 5.02 Å². The van der Waals surface area contributed by atoms with Crippen molar-refractivity contribution in [2.75, 3.05) is 19.6 Å². The van der Waals surface area contributed by atoms with Crippen LogP contribution >= 0.6 is 35.6 Å². The highest BCUT2D eigenvalue weighted by atomic mass is 127. The smallest absolute Gasteiger partial charge is 0.216 e. The number of aromatic amines is 1. The first-order chi connectivity index (χ1) is 14.7. The van der Waals surface area contributed by atoms with E-state index in [0.29, 0.717) is 41.9 Å². The summed E-state index contributed by atoms with van der Waals surface area (Å²) in [5.74, 6) is 3.38. The van der Waals surface area contributed by atoms with E-state index < -0.39 is 0 Å². The first-order valence-electron chi connectivity index (χ1n) is 10.1. The Hall–Kier alpha value is -2.27. The number of hydrogen-bond acceptors (Lipinski definition) is 5. The van der Waals surface area contributed by atoms with Crippen molar-refractivity contribution < 1.29 is 9.15 Å². The normalized spacial score (nSPS) is 12.2. The van der Waals surface area contributed by atoms with Gasteiger partial charge in [-0.15, -0.1) is 24.0 Å². The van der Waals surface area contributed by atoms with Crippen LogP contribution in [0.4, 0.5) is 0 Å². The summed E-state index contributed by atoms with van der Waals surface area (Å²) in [4.78, 5) is 9.10. The van der Waals surface area contributed by atoms with Gasteiger partial charge in [0.25, 0.3) is 0 Å². The summed E-state index contributed by atoms with van der Waals surface area (Å²) < 4.78 is 11.3. The molecule has 0 bridgehead atoms. The average molecular weight is 559 g/mol. The lowest BCUT2D eigenvalue weighted by Crippen LogP contribution is -2.39. The number of furan rings is 1. The Bertz CT molecular complexity index is 932. The van der Waals surface area contributed by atoms with Crippen molar-refractivity contribution in [2.45, 2.75) is 32.8 Å². The van der Waals surface area contributed by atoms with Gasteiger partial charge in [0.05, 0.1) is 17.8 Å². The van der Waals surface area contributed by atoms with E-state index in [9.17, 15) is 0 Å². The van der Waals surface area contributed by atoms with Crippen LogP contribution in [0.3, 0.4) is 0 Å². The van der Waals surface area contributed by atoms with Crippen LogP contribution in [0.25, 0.3) is 11.6 Å². The summed E-state index contributed by atoms with van der Waals surface area (Å²) >= 11 is 6.19. The van der Waals surface area contributed by atoms with E-state index in [4.69, 9.17) is 20.8 Å². The molecular formula is C21H28ClIN6O2. The number of rotatable bonds is 10. The molecule has 1 unspecified atom stereocenters. The first kappa shape index (κ1) is 25.0. The highest BCUT2D eigenvalue weighted by molar-refractivity contribution is 14.0. The Morgan fingerprint density at radius 3 is 2.77 bits per heavy atom. The SMILES string of the molecule is CCNC(=NCC(CC)Oc1ccccc1Cl)NCCc1nc(-c2ccco2)n[nH]1.I. The maximum absolute atomic E-state index is 6.19. The van der Waals surface area contributed by atoms with Gasteiger partial charge in [0, 0.05) is 19.5 Å². The van der Waals surface area contributed by atoms with Crippen LogP contribution in [0.5, 0.6) is 5.75 Å². The van der Waals surface area contributed by atoms with Crippen LogP contribution in [0, 0.1) is 0 Å². The number of aromatic nitrogens is 3. The van der Waals surface area contributed by atoms with Crippen LogP contribution in [0.1, 0.15) is 26.1 Å². The second-order valence-corrected chi connectivity index (χ2v) is 6.97. The van der Waals surface area contributed by atoms with Gasteiger partial charge in [0.2, 0.25) is 5.82 Å². The van der Waals surface area contributed by atoms with Crippen LogP contribution in [-0.2, 0) is 6.42 Å². The molecule has 1 atom stereocenters. The molecule has 0 saturated heterocycles. The molecule has 2 aromatic heterocycles. The van der Waals surface area contributed by atoms with E-state index in [2.05, 4.69) is 37.7 Å². The molecule has 3 N–H and O–H groups in total. The van der Waals surface area contributed by atoms with E-state index in [-0.39, 0.29) is 30.1 Å². The summed E-state index contributed by atoms with van der Waals surface area (Å²) in [6.45, 7) is 6.03. The maximum atomic E-state index is 6.19. The minimum atomic E-state index is -0.0644. The standard InChI is InChI=1S/C21H27ClN6O2.HI/c1-3-15(30-17-9-6-5-8-16(17)22)14-25-21(23-4-2)24-12-11-19-26-20(28-27-19)18-10-7-13-29-18;/h5-10,13,15H,3-4,11-12,14H2,1-2H3,(H2,23,24,25)(H,26,27,28);1H. The Labute approximate surface area is 204 Å². The number of nitrogens with one attached hydrogen (secondary N) is 3. The van der Waals surface area contributed by atoms with Crippen molar-refractivity contribution in [3.63, 3.8) is 0 Å². The van der Waals surface area contributed by atoms with E-state index in [1.54, 1.807) is 6.26 Å². The largest absolute Gasteiger partial charge is 0.487 e. The second kappa shape index (κ2) is 13.2. The van der Waals surface area contributed by atoms with Gasteiger partial charge in [0.15, 0.2) is 11.7 Å². The van der Waals surface area contributed by atoms with Crippen molar-refractivity contribution in [1.29, 1.82) is 0 Å². The molecule has 0 aliphatic rings. The van der Waals surface area contributed by atoms with Gasteiger partial charge in [0.1, 0.15) is 17.7 Å². The van der Waals surface area contributed by atoms with Crippen molar-refractivity contribution in [3.8, 4) is 17.3 Å². The number of H-pyrrole nitrogens is 1. The number of guanidine groups is 1. The predicted octanol–water partition coefficient (Wildman–Crippen LogP) is 4.29. The summed E-state index contributed by atoms with van der Waals surface area (Å²) in [7, 11) is 0. The summed E-state index contributed by atoms with van der Waals surface area (Å²) in [5, 5.41) is 14.3. The minimum Gasteiger partial charge on any atom is -0.487 e. The minimum absolute atomic E-state index is 0. The lowest BCUT2D eigenvalue weighted by atomic mass is 10.2. The van der Waals surface area contributed by atoms with E-state index in [1.165, 1.54) is 0 Å². The molecule has 2 heterocycles. The zero-order valence-electron chi connectivity index (χ0n) is 17.6. The number of aliphatic imine (C=N–C) groups is 1. The lowest BCUT2D eigenvalue weighted by Gasteiger charge is -2.18. The van der Waals surface area contributed by atoms with E-state index in [0.717, 1.165) is 24.7 Å². The molecule has 168 valence electrons. The summed E-state index contributed by atoms with van der Waals surface area (Å²) in [6.07, 6.45) is 3.03. The van der Waals surface area contributed by atoms with E-state index >= 15 is 0 Å². The Morgan fingerprint density at radius 2 is 2.06 bits per heavy atom. The van der Waals surface area contributed by atoms with Gasteiger partial charge < -0.3 is 19.8 Å².